The number of thioether (sulfide) groups is 1. The fourth-order valence-corrected chi connectivity index (χ4v) is 3.83. The van der Waals surface area contributed by atoms with Crippen LogP contribution >= 0.6 is 23.1 Å². The quantitative estimate of drug-likeness (QED) is 0.585. The lowest BCUT2D eigenvalue weighted by atomic mass is 10.1. The van der Waals surface area contributed by atoms with E-state index in [1.807, 2.05) is 6.07 Å². The van der Waals surface area contributed by atoms with Crippen molar-refractivity contribution in [3.05, 3.63) is 48.0 Å². The highest BCUT2D eigenvalue weighted by Gasteiger charge is 2.07. The molecule has 0 aliphatic rings. The third-order valence-electron chi connectivity index (χ3n) is 2.92. The second-order valence-electron chi connectivity index (χ2n) is 4.48. The summed E-state index contributed by atoms with van der Waals surface area (Å²) in [6.07, 6.45) is 0. The summed E-state index contributed by atoms with van der Waals surface area (Å²) in [5.74, 6) is 0.701. The van der Waals surface area contributed by atoms with Gasteiger partial charge in [0.2, 0.25) is 11.0 Å². The van der Waals surface area contributed by atoms with E-state index < -0.39 is 0 Å². The maximum Gasteiger partial charge on any atom is 0.223 e. The maximum atomic E-state index is 11.0. The smallest absolute Gasteiger partial charge is 0.223 e. The number of fused-ring (bicyclic) bond motifs is 1. The van der Waals surface area contributed by atoms with Gasteiger partial charge in [0.25, 0.3) is 0 Å². The Kier molecular flexibility index (Phi) is 4.17. The maximum absolute atomic E-state index is 11.0. The van der Waals surface area contributed by atoms with Crippen LogP contribution in [-0.4, -0.2) is 16.1 Å². The van der Waals surface area contributed by atoms with Crippen LogP contribution in [-0.2, 0) is 10.5 Å². The molecule has 0 spiro atoms. The average Bonchev–Trinajstić information content (AvgIpc) is 2.92. The van der Waals surface area contributed by atoms with E-state index in [1.54, 1.807) is 11.8 Å². The number of benzene rings is 2. The summed E-state index contributed by atoms with van der Waals surface area (Å²) >= 11 is 3.02. The largest absolute Gasteiger partial charge is 0.301 e. The summed E-state index contributed by atoms with van der Waals surface area (Å²) in [5.41, 5.74) is 1.27. The number of hydrogen-bond acceptors (Lipinski definition) is 5. The first-order chi connectivity index (χ1) is 10.2. The lowest BCUT2D eigenvalue weighted by Gasteiger charge is -2.04. The van der Waals surface area contributed by atoms with Gasteiger partial charge in [-0.3, -0.25) is 4.79 Å². The van der Waals surface area contributed by atoms with Gasteiger partial charge >= 0.3 is 0 Å². The van der Waals surface area contributed by atoms with Crippen molar-refractivity contribution in [2.45, 2.75) is 17.0 Å². The molecule has 1 aromatic heterocycles. The molecule has 6 heteroatoms. The number of carbonyl (C=O) groups excluding carboxylic acids is 1. The minimum atomic E-state index is -0.128. The van der Waals surface area contributed by atoms with Crippen molar-refractivity contribution in [3.63, 3.8) is 0 Å². The van der Waals surface area contributed by atoms with Crippen molar-refractivity contribution in [3.8, 4) is 0 Å². The normalized spacial score (nSPS) is 10.7. The molecule has 2 aromatic carbocycles. The Morgan fingerprint density at radius 1 is 1.19 bits per heavy atom. The first kappa shape index (κ1) is 14.0. The van der Waals surface area contributed by atoms with E-state index in [0.29, 0.717) is 5.13 Å². The zero-order valence-corrected chi connectivity index (χ0v) is 13.0. The molecule has 0 aliphatic carbocycles. The second kappa shape index (κ2) is 6.24. The molecule has 0 unspecified atom stereocenters. The Hall–Kier alpha value is -1.92. The molecule has 106 valence electrons. The summed E-state index contributed by atoms with van der Waals surface area (Å²) < 4.78 is 0.853. The molecule has 0 saturated heterocycles. The highest BCUT2D eigenvalue weighted by molar-refractivity contribution is 8.00. The lowest BCUT2D eigenvalue weighted by Crippen LogP contribution is -2.04. The number of aromatic nitrogens is 2. The molecule has 1 heterocycles. The topological polar surface area (TPSA) is 54.9 Å². The van der Waals surface area contributed by atoms with Crippen molar-refractivity contribution < 1.29 is 4.79 Å². The predicted octanol–water partition coefficient (Wildman–Crippen LogP) is 3.94. The molecule has 1 amide bonds. The van der Waals surface area contributed by atoms with Crippen LogP contribution in [0.3, 0.4) is 0 Å². The highest BCUT2D eigenvalue weighted by Crippen LogP contribution is 2.30. The van der Waals surface area contributed by atoms with Crippen LogP contribution in [0.25, 0.3) is 10.8 Å². The summed E-state index contributed by atoms with van der Waals surface area (Å²) in [6, 6.07) is 14.7. The van der Waals surface area contributed by atoms with E-state index >= 15 is 0 Å². The number of hydrogen-bond donors (Lipinski definition) is 1. The molecule has 4 nitrogen and oxygen atoms in total. The highest BCUT2D eigenvalue weighted by atomic mass is 32.2. The van der Waals surface area contributed by atoms with Crippen LogP contribution in [0.4, 0.5) is 5.13 Å². The third kappa shape index (κ3) is 3.40. The van der Waals surface area contributed by atoms with E-state index in [0.717, 1.165) is 10.1 Å². The Labute approximate surface area is 130 Å². The van der Waals surface area contributed by atoms with E-state index in [-0.39, 0.29) is 5.91 Å². The van der Waals surface area contributed by atoms with Gasteiger partial charge in [-0.05, 0) is 16.3 Å². The van der Waals surface area contributed by atoms with Crippen LogP contribution in [0.2, 0.25) is 0 Å². The van der Waals surface area contributed by atoms with Gasteiger partial charge in [-0.15, -0.1) is 10.2 Å². The molecular formula is C15H13N3OS2. The first-order valence-corrected chi connectivity index (χ1v) is 8.23. The van der Waals surface area contributed by atoms with Gasteiger partial charge in [-0.1, -0.05) is 65.6 Å². The zero-order chi connectivity index (χ0) is 14.7. The molecule has 3 rings (SSSR count). The SMILES string of the molecule is CC(=O)Nc1nnc(SCc2cccc3ccccc23)s1. The molecule has 0 bridgehead atoms. The lowest BCUT2D eigenvalue weighted by molar-refractivity contribution is -0.114. The van der Waals surface area contributed by atoms with Gasteiger partial charge in [0, 0.05) is 12.7 Å². The van der Waals surface area contributed by atoms with Gasteiger partial charge in [-0.25, -0.2) is 0 Å². The molecule has 3 aromatic rings. The Morgan fingerprint density at radius 3 is 2.86 bits per heavy atom. The van der Waals surface area contributed by atoms with Crippen molar-refractivity contribution in [1.29, 1.82) is 0 Å². The second-order valence-corrected chi connectivity index (χ2v) is 6.68. The monoisotopic (exact) mass is 315 g/mol. The standard InChI is InChI=1S/C15H13N3OS2/c1-10(19)16-14-17-18-15(21-14)20-9-12-7-4-6-11-5-2-3-8-13(11)12/h2-8H,9H2,1H3,(H,16,17,19). The molecule has 1 N–H and O–H groups in total. The predicted molar refractivity (Wildman–Crippen MR) is 87.7 cm³/mol. The minimum absolute atomic E-state index is 0.128. The first-order valence-electron chi connectivity index (χ1n) is 6.43. The summed E-state index contributed by atoms with van der Waals surface area (Å²) in [5, 5.41) is 13.7. The van der Waals surface area contributed by atoms with Crippen molar-refractivity contribution in [1.82, 2.24) is 10.2 Å². The molecule has 21 heavy (non-hydrogen) atoms. The number of carbonyl (C=O) groups is 1. The van der Waals surface area contributed by atoms with Gasteiger partial charge in [0.05, 0.1) is 0 Å². The van der Waals surface area contributed by atoms with Crippen molar-refractivity contribution in [2.24, 2.45) is 0 Å². The molecule has 0 radical (unpaired) electrons. The van der Waals surface area contributed by atoms with E-state index in [9.17, 15) is 4.79 Å². The molecule has 0 fully saturated rings. The van der Waals surface area contributed by atoms with Gasteiger partial charge < -0.3 is 5.32 Å². The number of nitrogens with one attached hydrogen (secondary N) is 1. The fourth-order valence-electron chi connectivity index (χ4n) is 2.03. The van der Waals surface area contributed by atoms with Crippen molar-refractivity contribution >= 4 is 44.9 Å². The van der Waals surface area contributed by atoms with Crippen LogP contribution in [0.5, 0.6) is 0 Å². The van der Waals surface area contributed by atoms with Gasteiger partial charge in [0.1, 0.15) is 0 Å². The Balaban J connectivity index is 1.74. The zero-order valence-electron chi connectivity index (χ0n) is 11.4. The number of anilines is 1. The van der Waals surface area contributed by atoms with E-state index in [1.165, 1.54) is 34.6 Å². The van der Waals surface area contributed by atoms with E-state index in [4.69, 9.17) is 0 Å². The Morgan fingerprint density at radius 2 is 2.00 bits per heavy atom. The molecular weight excluding hydrogens is 302 g/mol. The third-order valence-corrected chi connectivity index (χ3v) is 4.94. The molecule has 0 aliphatic heterocycles. The average molecular weight is 315 g/mol. The van der Waals surface area contributed by atoms with Crippen LogP contribution < -0.4 is 5.32 Å². The summed E-state index contributed by atoms with van der Waals surface area (Å²) in [6.45, 7) is 1.46. The number of nitrogens with zero attached hydrogens (tertiary/aromatic N) is 2. The summed E-state index contributed by atoms with van der Waals surface area (Å²) in [7, 11) is 0. The van der Waals surface area contributed by atoms with Crippen LogP contribution in [0, 0.1) is 0 Å². The molecule has 0 atom stereocenters. The van der Waals surface area contributed by atoms with Gasteiger partial charge in [-0.2, -0.15) is 0 Å². The summed E-state index contributed by atoms with van der Waals surface area (Å²) in [4.78, 5) is 11.0. The van der Waals surface area contributed by atoms with Crippen molar-refractivity contribution in [2.75, 3.05) is 5.32 Å². The molecule has 0 saturated carbocycles. The van der Waals surface area contributed by atoms with Gasteiger partial charge in [0.15, 0.2) is 4.34 Å². The number of amides is 1. The van der Waals surface area contributed by atoms with Crippen LogP contribution in [0.15, 0.2) is 46.8 Å². The minimum Gasteiger partial charge on any atom is -0.301 e. The Bertz CT molecular complexity index is 780. The fraction of sp³-hybridized carbons (Fsp3) is 0.133. The number of rotatable bonds is 4. The van der Waals surface area contributed by atoms with Crippen LogP contribution in [0.1, 0.15) is 12.5 Å². The van der Waals surface area contributed by atoms with E-state index in [2.05, 4.69) is 51.9 Å².